The van der Waals surface area contributed by atoms with Crippen molar-refractivity contribution in [2.45, 2.75) is 0 Å². The second-order valence-electron chi connectivity index (χ2n) is 1.97. The molecule has 0 N–H and O–H groups in total. The minimum Gasteiger partial charge on any atom is -0.284 e. The first-order chi connectivity index (χ1) is 5.22. The van der Waals surface area contributed by atoms with Crippen molar-refractivity contribution in [1.82, 2.24) is 0 Å². The van der Waals surface area contributed by atoms with Crippen molar-refractivity contribution in [3.63, 3.8) is 0 Å². The van der Waals surface area contributed by atoms with Gasteiger partial charge in [-0.25, -0.2) is 0 Å². The average molecular weight is 214 g/mol. The van der Waals surface area contributed by atoms with Crippen LogP contribution in [-0.4, -0.2) is 10.5 Å². The van der Waals surface area contributed by atoms with Crippen LogP contribution in [0.5, 0.6) is 0 Å². The molecular formula is C8H5BrO2. The largest absolute Gasteiger partial charge is 0.284 e. The van der Waals surface area contributed by atoms with Gasteiger partial charge in [-0.3, -0.25) is 9.59 Å². The Labute approximate surface area is 72.4 Å². The molecule has 0 aliphatic carbocycles. The Balaban J connectivity index is 2.95. The van der Waals surface area contributed by atoms with Gasteiger partial charge in [-0.05, 0) is 0 Å². The third-order valence-electron chi connectivity index (χ3n) is 1.21. The van der Waals surface area contributed by atoms with E-state index in [1.165, 1.54) is 0 Å². The molecule has 1 aromatic carbocycles. The lowest BCUT2D eigenvalue weighted by molar-refractivity contribution is -0.106. The zero-order chi connectivity index (χ0) is 8.27. The quantitative estimate of drug-likeness (QED) is 0.325. The minimum atomic E-state index is -0.608. The van der Waals surface area contributed by atoms with Crippen LogP contribution in [0.3, 0.4) is 0 Å². The lowest BCUT2D eigenvalue weighted by Gasteiger charge is -1.91. The Bertz CT molecular complexity index is 279. The maximum Gasteiger partial charge on any atom is 0.268 e. The topological polar surface area (TPSA) is 34.1 Å². The van der Waals surface area contributed by atoms with Gasteiger partial charge in [0, 0.05) is 21.5 Å². The molecule has 0 saturated heterocycles. The van der Waals surface area contributed by atoms with Gasteiger partial charge in [0.15, 0.2) is 0 Å². The number of ketones is 1. The van der Waals surface area contributed by atoms with E-state index in [1.54, 1.807) is 30.3 Å². The molecule has 0 atom stereocenters. The van der Waals surface area contributed by atoms with Gasteiger partial charge in [0.25, 0.3) is 4.69 Å². The summed E-state index contributed by atoms with van der Waals surface area (Å²) < 4.78 is -0.608. The lowest BCUT2D eigenvalue weighted by atomic mass is 10.2. The van der Waals surface area contributed by atoms with Crippen molar-refractivity contribution in [3.05, 3.63) is 35.9 Å². The van der Waals surface area contributed by atoms with Gasteiger partial charge in [-0.1, -0.05) is 30.3 Å². The monoisotopic (exact) mass is 213 g/mol. The number of benzene rings is 1. The number of rotatable bonds is 2. The second-order valence-corrected chi connectivity index (χ2v) is 2.69. The first-order valence-corrected chi connectivity index (χ1v) is 3.80. The highest BCUT2D eigenvalue weighted by molar-refractivity contribution is 9.19. The van der Waals surface area contributed by atoms with Crippen molar-refractivity contribution < 1.29 is 9.59 Å². The van der Waals surface area contributed by atoms with Crippen molar-refractivity contribution in [3.8, 4) is 0 Å². The van der Waals surface area contributed by atoms with E-state index in [0.29, 0.717) is 5.56 Å². The van der Waals surface area contributed by atoms with Gasteiger partial charge in [0.1, 0.15) is 0 Å². The van der Waals surface area contributed by atoms with Crippen LogP contribution < -0.4 is 0 Å². The van der Waals surface area contributed by atoms with Crippen molar-refractivity contribution >= 4 is 26.4 Å². The molecule has 11 heavy (non-hydrogen) atoms. The van der Waals surface area contributed by atoms with Gasteiger partial charge in [0.05, 0.1) is 0 Å². The molecule has 0 saturated carbocycles. The second kappa shape index (κ2) is 3.44. The molecule has 0 spiro atoms. The molecule has 0 aliphatic rings. The average Bonchev–Trinajstić information content (AvgIpc) is 2.05. The summed E-state index contributed by atoms with van der Waals surface area (Å²) in [6.07, 6.45) is 0. The lowest BCUT2D eigenvalue weighted by Crippen LogP contribution is -2.05. The van der Waals surface area contributed by atoms with Crippen LogP contribution in [0.1, 0.15) is 10.4 Å². The standard InChI is InChI=1S/C8H5BrO2/c9-8(11)7(10)6-4-2-1-3-5-6/h1-5H/i8+1. The molecule has 2 nitrogen and oxygen atoms in total. The summed E-state index contributed by atoms with van der Waals surface area (Å²) in [7, 11) is 0. The Morgan fingerprint density at radius 2 is 1.64 bits per heavy atom. The summed E-state index contributed by atoms with van der Waals surface area (Å²) in [4.78, 5) is 21.5. The van der Waals surface area contributed by atoms with Crippen molar-refractivity contribution in [2.75, 3.05) is 0 Å². The number of carbonyl (C=O) groups is 2. The molecule has 1 rings (SSSR count). The number of halogens is 1. The SMILES string of the molecule is O=C(c1ccccc1)[13C](=O)Br. The smallest absolute Gasteiger partial charge is 0.268 e. The van der Waals surface area contributed by atoms with Crippen LogP contribution in [-0.2, 0) is 4.79 Å². The summed E-state index contributed by atoms with van der Waals surface area (Å²) >= 11 is 2.59. The summed E-state index contributed by atoms with van der Waals surface area (Å²) in [5.74, 6) is -0.509. The Kier molecular flexibility index (Phi) is 2.54. The van der Waals surface area contributed by atoms with E-state index in [9.17, 15) is 9.59 Å². The fourth-order valence-corrected chi connectivity index (χ4v) is 0.932. The molecule has 0 heterocycles. The third kappa shape index (κ3) is 1.98. The third-order valence-corrected chi connectivity index (χ3v) is 1.57. The predicted octanol–water partition coefficient (Wildman–Crippen LogP) is 1.79. The van der Waals surface area contributed by atoms with Crippen molar-refractivity contribution in [1.29, 1.82) is 0 Å². The Morgan fingerprint density at radius 3 is 2.09 bits per heavy atom. The van der Waals surface area contributed by atoms with Crippen LogP contribution in [0, 0.1) is 0 Å². The maximum atomic E-state index is 10.9. The number of Topliss-reactive ketones (excluding diaryl/α,β-unsaturated/α-hetero) is 1. The van der Waals surface area contributed by atoms with Crippen LogP contribution in [0.15, 0.2) is 30.3 Å². The fraction of sp³-hybridized carbons (Fsp3) is 0. The molecule has 0 amide bonds. The number of carbonyl (C=O) groups excluding carboxylic acids is 2. The fourth-order valence-electron chi connectivity index (χ4n) is 0.703. The predicted molar refractivity (Wildman–Crippen MR) is 44.7 cm³/mol. The Hall–Kier alpha value is -0.960. The summed E-state index contributed by atoms with van der Waals surface area (Å²) in [6, 6.07) is 8.41. The van der Waals surface area contributed by atoms with Gasteiger partial charge >= 0.3 is 0 Å². The zero-order valence-corrected chi connectivity index (χ0v) is 7.17. The first kappa shape index (κ1) is 8.14. The molecule has 0 aliphatic heterocycles. The maximum absolute atomic E-state index is 10.9. The van der Waals surface area contributed by atoms with Crippen LogP contribution in [0.4, 0.5) is 0 Å². The van der Waals surface area contributed by atoms with Gasteiger partial charge < -0.3 is 0 Å². The summed E-state index contributed by atoms with van der Waals surface area (Å²) in [5.41, 5.74) is 0.411. The molecule has 0 radical (unpaired) electrons. The normalized spacial score (nSPS) is 9.18. The van der Waals surface area contributed by atoms with E-state index < -0.39 is 10.5 Å². The number of hydrogen-bond acceptors (Lipinski definition) is 2. The van der Waals surface area contributed by atoms with E-state index >= 15 is 0 Å². The zero-order valence-electron chi connectivity index (χ0n) is 5.58. The number of hydrogen-bond donors (Lipinski definition) is 0. The van der Waals surface area contributed by atoms with E-state index in [1.807, 2.05) is 0 Å². The van der Waals surface area contributed by atoms with Gasteiger partial charge in [0.2, 0.25) is 5.78 Å². The molecular weight excluding hydrogens is 209 g/mol. The van der Waals surface area contributed by atoms with Gasteiger partial charge in [-0.2, -0.15) is 0 Å². The minimum absolute atomic E-state index is 0.411. The summed E-state index contributed by atoms with van der Waals surface area (Å²) in [5, 5.41) is 0. The van der Waals surface area contributed by atoms with Gasteiger partial charge in [-0.15, -0.1) is 0 Å². The van der Waals surface area contributed by atoms with E-state index in [2.05, 4.69) is 15.9 Å². The van der Waals surface area contributed by atoms with Crippen molar-refractivity contribution in [2.24, 2.45) is 0 Å². The van der Waals surface area contributed by atoms with E-state index in [0.717, 1.165) is 0 Å². The van der Waals surface area contributed by atoms with E-state index in [-0.39, 0.29) is 0 Å². The molecule has 56 valence electrons. The van der Waals surface area contributed by atoms with E-state index in [4.69, 9.17) is 0 Å². The molecule has 1 aromatic rings. The molecule has 0 aromatic heterocycles. The Morgan fingerprint density at radius 1 is 1.09 bits per heavy atom. The van der Waals surface area contributed by atoms with Crippen LogP contribution in [0.25, 0.3) is 0 Å². The summed E-state index contributed by atoms with van der Waals surface area (Å²) in [6.45, 7) is 0. The van der Waals surface area contributed by atoms with Crippen LogP contribution >= 0.6 is 15.9 Å². The highest BCUT2D eigenvalue weighted by atomic mass is 79.9. The first-order valence-electron chi connectivity index (χ1n) is 3.01. The highest BCUT2D eigenvalue weighted by Crippen LogP contribution is 2.02. The molecule has 0 bridgehead atoms. The molecule has 0 fully saturated rings. The van der Waals surface area contributed by atoms with Crippen LogP contribution in [0.2, 0.25) is 0 Å². The highest BCUT2D eigenvalue weighted by Gasteiger charge is 2.10. The molecule has 3 heteroatoms. The molecule has 0 unspecified atom stereocenters.